The van der Waals surface area contributed by atoms with E-state index in [0.717, 1.165) is 0 Å². The molecule has 0 bridgehead atoms. The molecule has 418 valence electrons. The van der Waals surface area contributed by atoms with E-state index < -0.39 is 144 Å². The second-order valence-corrected chi connectivity index (χ2v) is 20.4. The highest BCUT2D eigenvalue weighted by molar-refractivity contribution is 5.99. The second kappa shape index (κ2) is 29.2. The summed E-state index contributed by atoms with van der Waals surface area (Å²) < 4.78 is 0. The van der Waals surface area contributed by atoms with Crippen molar-refractivity contribution in [2.75, 3.05) is 32.8 Å². The molecule has 0 aromatic carbocycles. The Kier molecular flexibility index (Phi) is 24.6. The van der Waals surface area contributed by atoms with Gasteiger partial charge in [0.1, 0.15) is 60.4 Å². The van der Waals surface area contributed by atoms with Crippen LogP contribution in [-0.2, 0) is 52.7 Å². The number of amides is 10. The number of aliphatic hydroxyl groups excluding tert-OH is 2. The Morgan fingerprint density at radius 1 is 0.554 bits per heavy atom. The number of carboxylic acids is 1. The summed E-state index contributed by atoms with van der Waals surface area (Å²) in [5, 5.41) is 47.3. The van der Waals surface area contributed by atoms with E-state index in [0.29, 0.717) is 51.5 Å². The van der Waals surface area contributed by atoms with Crippen LogP contribution in [0.2, 0.25) is 0 Å². The van der Waals surface area contributed by atoms with Crippen LogP contribution >= 0.6 is 0 Å². The summed E-state index contributed by atoms with van der Waals surface area (Å²) in [6, 6.07) is -13.2. The zero-order valence-corrected chi connectivity index (χ0v) is 44.0. The van der Waals surface area contributed by atoms with Crippen molar-refractivity contribution in [3.63, 3.8) is 0 Å². The Bertz CT molecular complexity index is 2020. The topological polar surface area (TPSA) is 394 Å². The molecule has 3 heterocycles. The molecule has 10 amide bonds. The normalized spacial score (nSPS) is 21.3. The summed E-state index contributed by atoms with van der Waals surface area (Å²) in [6.45, 7) is 12.3. The number of hydrogen-bond donors (Lipinski definition) is 12. The average Bonchev–Trinajstić information content (AvgIpc) is 4.15. The predicted molar refractivity (Wildman–Crippen MR) is 266 cm³/mol. The first-order chi connectivity index (χ1) is 34.7. The van der Waals surface area contributed by atoms with Crippen LogP contribution in [0.15, 0.2) is 0 Å². The third kappa shape index (κ3) is 17.3. The maximum Gasteiger partial charge on any atom is 0.325 e. The molecular formula is C48H82N12O14. The van der Waals surface area contributed by atoms with Crippen molar-refractivity contribution in [1.29, 1.82) is 0 Å². The molecular weight excluding hydrogens is 969 g/mol. The van der Waals surface area contributed by atoms with Crippen molar-refractivity contribution >= 4 is 65.0 Å². The van der Waals surface area contributed by atoms with Crippen molar-refractivity contribution in [3.05, 3.63) is 0 Å². The van der Waals surface area contributed by atoms with E-state index in [1.807, 2.05) is 0 Å². The molecule has 3 aliphatic rings. The quantitative estimate of drug-likeness (QED) is 0.0349. The number of nitrogens with zero attached hydrogens (tertiary/aromatic N) is 3. The fraction of sp³-hybridized carbons (Fsp3) is 0.771. The average molecular weight is 1050 g/mol. The molecule has 0 unspecified atom stereocenters. The predicted octanol–water partition coefficient (Wildman–Crippen LogP) is -3.97. The highest BCUT2D eigenvalue weighted by atomic mass is 16.4. The van der Waals surface area contributed by atoms with Crippen molar-refractivity contribution in [1.82, 2.24) is 51.9 Å². The third-order valence-corrected chi connectivity index (χ3v) is 13.4. The van der Waals surface area contributed by atoms with Crippen molar-refractivity contribution in [2.45, 2.75) is 192 Å². The molecule has 12 atom stereocenters. The molecule has 0 aromatic rings. The lowest BCUT2D eigenvalue weighted by Gasteiger charge is -2.35. The maximum atomic E-state index is 14.4. The van der Waals surface area contributed by atoms with Crippen LogP contribution in [0.3, 0.4) is 0 Å². The van der Waals surface area contributed by atoms with Gasteiger partial charge in [-0.1, -0.05) is 27.7 Å². The standard InChI is InChI=1S/C48H82N12O14/c1-24(2)22-31(40(65)55-32(23-61)41(66)51-27(6)38(63)52-28(7)48(73)74)54-44(69)37(29(8)62)57-39(64)30(14-9-10-18-49)53-42(67)33-15-12-20-59(33)46(71)35-17-13-21-60(35)47(72)36(25(3)4)56-43(68)34-16-11-19-58(34)45(70)26(5)50/h24-37,61-62H,9-23,49-50H2,1-8H3,(H,51,66)(H,52,63)(H,53,67)(H,54,69)(H,55,65)(H,56,68)(H,57,64)(H,73,74)/t26-,27-,28-,29+,30-,31-,32-,33-,34-,35-,36-,37-/m0/s1. The first kappa shape index (κ1) is 62.3. The number of likely N-dealkylation sites (tertiary alicyclic amines) is 3. The van der Waals surface area contributed by atoms with Gasteiger partial charge in [-0.25, -0.2) is 0 Å². The first-order valence-electron chi connectivity index (χ1n) is 25.8. The monoisotopic (exact) mass is 1050 g/mol. The molecule has 26 nitrogen and oxygen atoms in total. The molecule has 3 rings (SSSR count). The Hall–Kier alpha value is -5.99. The number of aliphatic hydroxyl groups is 2. The van der Waals surface area contributed by atoms with E-state index in [1.165, 1.54) is 35.5 Å². The number of rotatable bonds is 27. The zero-order chi connectivity index (χ0) is 55.7. The number of aliphatic carboxylic acids is 1. The molecule has 3 aliphatic heterocycles. The van der Waals surface area contributed by atoms with E-state index in [-0.39, 0.29) is 50.7 Å². The van der Waals surface area contributed by atoms with E-state index in [9.17, 15) is 63.0 Å². The molecule has 74 heavy (non-hydrogen) atoms. The van der Waals surface area contributed by atoms with Gasteiger partial charge in [-0.05, 0) is 110 Å². The number of carbonyl (C=O) groups excluding carboxylic acids is 10. The first-order valence-corrected chi connectivity index (χ1v) is 25.8. The number of nitrogens with one attached hydrogen (secondary N) is 7. The molecule has 0 saturated carbocycles. The van der Waals surface area contributed by atoms with Crippen LogP contribution < -0.4 is 48.7 Å². The molecule has 0 aliphatic carbocycles. The van der Waals surface area contributed by atoms with Crippen LogP contribution in [0.25, 0.3) is 0 Å². The van der Waals surface area contributed by atoms with Gasteiger partial charge in [0.25, 0.3) is 0 Å². The lowest BCUT2D eigenvalue weighted by Crippen LogP contribution is -2.62. The lowest BCUT2D eigenvalue weighted by molar-refractivity contribution is -0.149. The maximum absolute atomic E-state index is 14.4. The Labute approximate surface area is 432 Å². The zero-order valence-electron chi connectivity index (χ0n) is 44.0. The number of nitrogens with two attached hydrogens (primary N) is 2. The summed E-state index contributed by atoms with van der Waals surface area (Å²) in [4.78, 5) is 151. The number of carboxylic acid groups (broad SMARTS) is 1. The SMILES string of the molecule is CC(C)C[C@H](NC(=O)[C@@H](NC(=O)[C@H](CCCCN)NC(=O)[C@@H]1CCCN1C(=O)[C@@H]1CCCN1C(=O)[C@@H](NC(=O)[C@@H]1CCCN1C(=O)[C@H](C)N)C(C)C)[C@@H](C)O)C(=O)N[C@@H](CO)C(=O)N[C@@H](C)C(=O)N[C@@H](C)C(=O)O. The van der Waals surface area contributed by atoms with Crippen molar-refractivity contribution in [3.8, 4) is 0 Å². The van der Waals surface area contributed by atoms with Gasteiger partial charge in [0, 0.05) is 19.6 Å². The van der Waals surface area contributed by atoms with Gasteiger partial charge in [-0.2, -0.15) is 0 Å². The fourth-order valence-corrected chi connectivity index (χ4v) is 9.19. The Morgan fingerprint density at radius 3 is 1.58 bits per heavy atom. The van der Waals surface area contributed by atoms with Gasteiger partial charge < -0.3 is 78.7 Å². The molecule has 0 radical (unpaired) electrons. The van der Waals surface area contributed by atoms with Gasteiger partial charge in [0.15, 0.2) is 0 Å². The van der Waals surface area contributed by atoms with Crippen LogP contribution in [0.1, 0.15) is 120 Å². The van der Waals surface area contributed by atoms with Crippen LogP contribution in [0, 0.1) is 11.8 Å². The van der Waals surface area contributed by atoms with E-state index in [1.54, 1.807) is 34.6 Å². The van der Waals surface area contributed by atoms with Crippen molar-refractivity contribution in [2.24, 2.45) is 23.3 Å². The number of hydrogen-bond acceptors (Lipinski definition) is 15. The Balaban J connectivity index is 1.75. The smallest absolute Gasteiger partial charge is 0.325 e. The molecule has 14 N–H and O–H groups in total. The summed E-state index contributed by atoms with van der Waals surface area (Å²) in [5.41, 5.74) is 11.6. The molecule has 26 heteroatoms. The molecule has 0 spiro atoms. The second-order valence-electron chi connectivity index (χ2n) is 20.4. The highest BCUT2D eigenvalue weighted by Crippen LogP contribution is 2.27. The molecule has 0 aromatic heterocycles. The van der Waals surface area contributed by atoms with E-state index in [4.69, 9.17) is 16.6 Å². The highest BCUT2D eigenvalue weighted by Gasteiger charge is 2.46. The minimum absolute atomic E-state index is 0.0166. The summed E-state index contributed by atoms with van der Waals surface area (Å²) in [6.07, 6.45) is 1.71. The van der Waals surface area contributed by atoms with E-state index in [2.05, 4.69) is 37.2 Å². The van der Waals surface area contributed by atoms with E-state index >= 15 is 0 Å². The summed E-state index contributed by atoms with van der Waals surface area (Å²) >= 11 is 0. The molecule has 3 fully saturated rings. The van der Waals surface area contributed by atoms with Crippen LogP contribution in [0.5, 0.6) is 0 Å². The van der Waals surface area contributed by atoms with Gasteiger partial charge in [0.05, 0.1) is 18.8 Å². The van der Waals surface area contributed by atoms with Gasteiger partial charge in [0.2, 0.25) is 59.1 Å². The lowest BCUT2D eigenvalue weighted by atomic mass is 10.0. The van der Waals surface area contributed by atoms with Crippen LogP contribution in [-0.4, -0.2) is 200 Å². The Morgan fingerprint density at radius 2 is 1.05 bits per heavy atom. The van der Waals surface area contributed by atoms with Crippen LogP contribution in [0.4, 0.5) is 0 Å². The third-order valence-electron chi connectivity index (χ3n) is 13.4. The summed E-state index contributed by atoms with van der Waals surface area (Å²) in [7, 11) is 0. The van der Waals surface area contributed by atoms with Gasteiger partial charge in [-0.3, -0.25) is 52.7 Å². The summed E-state index contributed by atoms with van der Waals surface area (Å²) in [5.74, 6) is -9.10. The largest absolute Gasteiger partial charge is 0.480 e. The fourth-order valence-electron chi connectivity index (χ4n) is 9.19. The number of carbonyl (C=O) groups is 11. The van der Waals surface area contributed by atoms with Crippen molar-refractivity contribution < 1.29 is 68.1 Å². The van der Waals surface area contributed by atoms with Gasteiger partial charge >= 0.3 is 5.97 Å². The van der Waals surface area contributed by atoms with Gasteiger partial charge in [-0.15, -0.1) is 0 Å². The minimum atomic E-state index is -1.69. The minimum Gasteiger partial charge on any atom is -0.480 e. The number of unbranched alkanes of at least 4 members (excludes halogenated alkanes) is 1. The molecule has 3 saturated heterocycles.